The predicted molar refractivity (Wildman–Crippen MR) is 53.2 cm³/mol. The highest BCUT2D eigenvalue weighted by molar-refractivity contribution is 5.79. The minimum atomic E-state index is 0.288. The topological polar surface area (TPSA) is 46.3 Å². The third kappa shape index (κ3) is 2.21. The van der Waals surface area contributed by atoms with Crippen LogP contribution in [0.5, 0.6) is 0 Å². The van der Waals surface area contributed by atoms with E-state index in [4.69, 9.17) is 5.73 Å². The molecule has 2 unspecified atom stereocenters. The van der Waals surface area contributed by atoms with E-state index < -0.39 is 0 Å². The number of nitrogens with two attached hydrogens (primary N) is 1. The van der Waals surface area contributed by atoms with Crippen LogP contribution in [0.1, 0.15) is 33.1 Å². The molecule has 76 valence electrons. The fraction of sp³-hybridized carbons (Fsp3) is 0.900. The summed E-state index contributed by atoms with van der Waals surface area (Å²) >= 11 is 0. The molecule has 0 bridgehead atoms. The van der Waals surface area contributed by atoms with Crippen molar-refractivity contribution >= 4 is 5.91 Å². The number of unbranched alkanes of at least 4 members (excludes halogenated alkanes) is 1. The summed E-state index contributed by atoms with van der Waals surface area (Å²) in [4.78, 5) is 13.5. The molecule has 1 aliphatic heterocycles. The normalized spacial score (nSPS) is 28.5. The molecule has 0 spiro atoms. The van der Waals surface area contributed by atoms with Crippen LogP contribution in [0.4, 0.5) is 0 Å². The Labute approximate surface area is 80.3 Å². The molecule has 2 N–H and O–H groups in total. The molecule has 0 aliphatic carbocycles. The summed E-state index contributed by atoms with van der Waals surface area (Å²) in [6.07, 6.45) is 2.90. The largest absolute Gasteiger partial charge is 0.340 e. The van der Waals surface area contributed by atoms with E-state index in [1.165, 1.54) is 0 Å². The standard InChI is InChI=1S/C10H20N2O/c1-3-4-5-12-8(2)9(7-11)6-10(12)13/h8-9H,3-7,11H2,1-2H3. The van der Waals surface area contributed by atoms with Crippen molar-refractivity contribution in [2.45, 2.75) is 39.2 Å². The quantitative estimate of drug-likeness (QED) is 0.708. The van der Waals surface area contributed by atoms with Gasteiger partial charge in [0.25, 0.3) is 0 Å². The van der Waals surface area contributed by atoms with Gasteiger partial charge in [0.15, 0.2) is 0 Å². The number of nitrogens with zero attached hydrogens (tertiary/aromatic N) is 1. The average molecular weight is 184 g/mol. The van der Waals surface area contributed by atoms with Crippen molar-refractivity contribution < 1.29 is 4.79 Å². The summed E-state index contributed by atoms with van der Waals surface area (Å²) in [5.74, 6) is 0.667. The van der Waals surface area contributed by atoms with Crippen molar-refractivity contribution in [1.82, 2.24) is 4.90 Å². The Balaban J connectivity index is 2.49. The minimum absolute atomic E-state index is 0.288. The first-order chi connectivity index (χ1) is 6.20. The number of hydrogen-bond acceptors (Lipinski definition) is 2. The van der Waals surface area contributed by atoms with Gasteiger partial charge in [-0.05, 0) is 19.9 Å². The minimum Gasteiger partial charge on any atom is -0.340 e. The Morgan fingerprint density at radius 1 is 1.62 bits per heavy atom. The predicted octanol–water partition coefficient (Wildman–Crippen LogP) is 0.982. The first-order valence-corrected chi connectivity index (χ1v) is 5.20. The molecule has 0 saturated carbocycles. The number of carbonyl (C=O) groups is 1. The fourth-order valence-electron chi connectivity index (χ4n) is 1.93. The Morgan fingerprint density at radius 3 is 2.77 bits per heavy atom. The van der Waals surface area contributed by atoms with Gasteiger partial charge in [0.1, 0.15) is 0 Å². The maximum Gasteiger partial charge on any atom is 0.223 e. The Kier molecular flexibility index (Phi) is 3.72. The second-order valence-electron chi connectivity index (χ2n) is 3.88. The van der Waals surface area contributed by atoms with Crippen LogP contribution < -0.4 is 5.73 Å². The Bertz CT molecular complexity index is 182. The second-order valence-corrected chi connectivity index (χ2v) is 3.88. The third-order valence-electron chi connectivity index (χ3n) is 2.99. The van der Waals surface area contributed by atoms with E-state index in [0.29, 0.717) is 24.9 Å². The summed E-state index contributed by atoms with van der Waals surface area (Å²) in [5.41, 5.74) is 5.60. The van der Waals surface area contributed by atoms with E-state index in [9.17, 15) is 4.79 Å². The van der Waals surface area contributed by atoms with Crippen LogP contribution in [0.2, 0.25) is 0 Å². The molecule has 3 nitrogen and oxygen atoms in total. The number of hydrogen-bond donors (Lipinski definition) is 1. The molecule has 0 aromatic rings. The van der Waals surface area contributed by atoms with Gasteiger partial charge in [0, 0.05) is 24.9 Å². The number of carbonyl (C=O) groups excluding carboxylic acids is 1. The van der Waals surface area contributed by atoms with E-state index in [1.807, 2.05) is 4.90 Å². The van der Waals surface area contributed by atoms with Gasteiger partial charge in [-0.3, -0.25) is 4.79 Å². The highest BCUT2D eigenvalue weighted by Gasteiger charge is 2.34. The van der Waals surface area contributed by atoms with Gasteiger partial charge in [-0.1, -0.05) is 13.3 Å². The van der Waals surface area contributed by atoms with Crippen molar-refractivity contribution in [2.75, 3.05) is 13.1 Å². The lowest BCUT2D eigenvalue weighted by atomic mass is 10.0. The number of likely N-dealkylation sites (tertiary alicyclic amines) is 1. The molecular weight excluding hydrogens is 164 g/mol. The van der Waals surface area contributed by atoms with Gasteiger partial charge in [-0.25, -0.2) is 0 Å². The molecule has 2 atom stereocenters. The van der Waals surface area contributed by atoms with E-state index in [1.54, 1.807) is 0 Å². The Morgan fingerprint density at radius 2 is 2.31 bits per heavy atom. The molecule has 0 aromatic heterocycles. The van der Waals surface area contributed by atoms with E-state index in [0.717, 1.165) is 19.4 Å². The van der Waals surface area contributed by atoms with Crippen LogP contribution >= 0.6 is 0 Å². The highest BCUT2D eigenvalue weighted by Crippen LogP contribution is 2.24. The lowest BCUT2D eigenvalue weighted by Gasteiger charge is -2.23. The van der Waals surface area contributed by atoms with Crippen LogP contribution in [0.15, 0.2) is 0 Å². The molecule has 1 amide bonds. The summed E-state index contributed by atoms with van der Waals surface area (Å²) < 4.78 is 0. The zero-order chi connectivity index (χ0) is 9.84. The van der Waals surface area contributed by atoms with E-state index >= 15 is 0 Å². The van der Waals surface area contributed by atoms with Gasteiger partial charge in [-0.15, -0.1) is 0 Å². The van der Waals surface area contributed by atoms with Crippen LogP contribution in [0.3, 0.4) is 0 Å². The van der Waals surface area contributed by atoms with Crippen molar-refractivity contribution in [3.63, 3.8) is 0 Å². The number of amides is 1. The third-order valence-corrected chi connectivity index (χ3v) is 2.99. The summed E-state index contributed by atoms with van der Waals surface area (Å²) in [5, 5.41) is 0. The SMILES string of the molecule is CCCCN1C(=O)CC(CN)C1C. The van der Waals surface area contributed by atoms with Gasteiger partial charge >= 0.3 is 0 Å². The lowest BCUT2D eigenvalue weighted by Crippen LogP contribution is -2.35. The molecule has 0 radical (unpaired) electrons. The first-order valence-electron chi connectivity index (χ1n) is 5.20. The van der Waals surface area contributed by atoms with E-state index in [-0.39, 0.29) is 5.91 Å². The van der Waals surface area contributed by atoms with Crippen molar-refractivity contribution in [2.24, 2.45) is 11.7 Å². The van der Waals surface area contributed by atoms with Crippen LogP contribution in [-0.4, -0.2) is 29.9 Å². The molecule has 1 heterocycles. The molecule has 1 aliphatic rings. The Hall–Kier alpha value is -0.570. The van der Waals surface area contributed by atoms with Crippen molar-refractivity contribution in [1.29, 1.82) is 0 Å². The summed E-state index contributed by atoms with van der Waals surface area (Å²) in [6, 6.07) is 0.351. The van der Waals surface area contributed by atoms with Gasteiger partial charge in [0.05, 0.1) is 0 Å². The zero-order valence-electron chi connectivity index (χ0n) is 8.62. The summed E-state index contributed by atoms with van der Waals surface area (Å²) in [6.45, 7) is 5.80. The molecule has 1 fully saturated rings. The van der Waals surface area contributed by atoms with Gasteiger partial charge in [-0.2, -0.15) is 0 Å². The zero-order valence-corrected chi connectivity index (χ0v) is 8.62. The van der Waals surface area contributed by atoms with Gasteiger partial charge in [0.2, 0.25) is 5.91 Å². The van der Waals surface area contributed by atoms with Crippen LogP contribution in [-0.2, 0) is 4.79 Å². The van der Waals surface area contributed by atoms with Crippen LogP contribution in [0.25, 0.3) is 0 Å². The highest BCUT2D eigenvalue weighted by atomic mass is 16.2. The fourth-order valence-corrected chi connectivity index (χ4v) is 1.93. The smallest absolute Gasteiger partial charge is 0.223 e. The summed E-state index contributed by atoms with van der Waals surface area (Å²) in [7, 11) is 0. The maximum absolute atomic E-state index is 11.5. The lowest BCUT2D eigenvalue weighted by molar-refractivity contribution is -0.128. The number of rotatable bonds is 4. The molecule has 1 rings (SSSR count). The van der Waals surface area contributed by atoms with Crippen molar-refractivity contribution in [3.05, 3.63) is 0 Å². The van der Waals surface area contributed by atoms with Gasteiger partial charge < -0.3 is 10.6 Å². The van der Waals surface area contributed by atoms with E-state index in [2.05, 4.69) is 13.8 Å². The molecule has 13 heavy (non-hydrogen) atoms. The average Bonchev–Trinajstić information content (AvgIpc) is 2.39. The monoisotopic (exact) mass is 184 g/mol. The molecular formula is C10H20N2O. The second kappa shape index (κ2) is 4.61. The van der Waals surface area contributed by atoms with Crippen LogP contribution in [0, 0.1) is 5.92 Å². The molecule has 0 aromatic carbocycles. The maximum atomic E-state index is 11.5. The first kappa shape index (κ1) is 10.5. The molecule has 1 saturated heterocycles. The molecule has 3 heteroatoms. The van der Waals surface area contributed by atoms with Crippen molar-refractivity contribution in [3.8, 4) is 0 Å².